The molecule has 3 rings (SSSR count). The third-order valence-electron chi connectivity index (χ3n) is 4.55. The summed E-state index contributed by atoms with van der Waals surface area (Å²) in [4.78, 5) is 14.2. The lowest BCUT2D eigenvalue weighted by molar-refractivity contribution is -0.116. The van der Waals surface area contributed by atoms with E-state index >= 15 is 0 Å². The maximum absolute atomic E-state index is 13.6. The highest BCUT2D eigenvalue weighted by Gasteiger charge is 2.18. The molecule has 0 fully saturated rings. The van der Waals surface area contributed by atoms with E-state index < -0.39 is 5.82 Å². The van der Waals surface area contributed by atoms with Crippen LogP contribution < -0.4 is 14.8 Å². The molecule has 1 atom stereocenters. The molecule has 0 bridgehead atoms. The third kappa shape index (κ3) is 4.32. The van der Waals surface area contributed by atoms with E-state index in [9.17, 15) is 9.18 Å². The van der Waals surface area contributed by atoms with Crippen molar-refractivity contribution in [2.45, 2.75) is 19.4 Å². The summed E-state index contributed by atoms with van der Waals surface area (Å²) in [5.41, 5.74) is 1.30. The Labute approximate surface area is 152 Å². The van der Waals surface area contributed by atoms with Crippen LogP contribution in [0.5, 0.6) is 11.5 Å². The Kier molecular flexibility index (Phi) is 5.73. The van der Waals surface area contributed by atoms with Crippen molar-refractivity contribution >= 4 is 11.6 Å². The van der Waals surface area contributed by atoms with Crippen LogP contribution in [-0.2, 0) is 4.79 Å². The maximum Gasteiger partial charge on any atom is 0.225 e. The van der Waals surface area contributed by atoms with Crippen molar-refractivity contribution in [2.24, 2.45) is 0 Å². The minimum atomic E-state index is -0.432. The largest absolute Gasteiger partial charge is 0.486 e. The molecule has 1 N–H and O–H groups in total. The SMILES string of the molecule is C[C@@H](c1ccc2c(c1)OCCO2)N(C)CCC(=O)Nc1ccccc1F. The van der Waals surface area contributed by atoms with Crippen LogP contribution in [-0.4, -0.2) is 37.6 Å². The van der Waals surface area contributed by atoms with Gasteiger partial charge in [-0.3, -0.25) is 9.69 Å². The number of carbonyl (C=O) groups excluding carboxylic acids is 1. The third-order valence-corrected chi connectivity index (χ3v) is 4.55. The number of hydrogen-bond acceptors (Lipinski definition) is 4. The van der Waals surface area contributed by atoms with Crippen molar-refractivity contribution in [3.05, 3.63) is 53.8 Å². The number of para-hydroxylation sites is 1. The summed E-state index contributed by atoms with van der Waals surface area (Å²) < 4.78 is 24.8. The minimum Gasteiger partial charge on any atom is -0.486 e. The van der Waals surface area contributed by atoms with E-state index in [1.54, 1.807) is 18.2 Å². The molecule has 0 unspecified atom stereocenters. The Morgan fingerprint density at radius 3 is 2.69 bits per heavy atom. The second-order valence-electron chi connectivity index (χ2n) is 6.34. The number of benzene rings is 2. The van der Waals surface area contributed by atoms with Gasteiger partial charge >= 0.3 is 0 Å². The van der Waals surface area contributed by atoms with Crippen LogP contribution in [0.15, 0.2) is 42.5 Å². The lowest BCUT2D eigenvalue weighted by atomic mass is 10.1. The first-order valence-electron chi connectivity index (χ1n) is 8.69. The predicted molar refractivity (Wildman–Crippen MR) is 98.1 cm³/mol. The van der Waals surface area contributed by atoms with Gasteiger partial charge in [0.1, 0.15) is 19.0 Å². The number of rotatable bonds is 6. The minimum absolute atomic E-state index is 0.104. The monoisotopic (exact) mass is 358 g/mol. The number of nitrogens with one attached hydrogen (secondary N) is 1. The first kappa shape index (κ1) is 18.2. The van der Waals surface area contributed by atoms with Gasteiger partial charge < -0.3 is 14.8 Å². The number of ether oxygens (including phenoxy) is 2. The van der Waals surface area contributed by atoms with Gasteiger partial charge in [-0.1, -0.05) is 18.2 Å². The summed E-state index contributed by atoms with van der Waals surface area (Å²) in [7, 11) is 1.96. The van der Waals surface area contributed by atoms with Crippen molar-refractivity contribution in [3.8, 4) is 11.5 Å². The van der Waals surface area contributed by atoms with Crippen molar-refractivity contribution in [1.29, 1.82) is 0 Å². The number of carbonyl (C=O) groups is 1. The van der Waals surface area contributed by atoms with Gasteiger partial charge in [-0.2, -0.15) is 0 Å². The highest BCUT2D eigenvalue weighted by Crippen LogP contribution is 2.33. The number of anilines is 1. The molecular formula is C20H23FN2O3. The Balaban J connectivity index is 1.55. The smallest absolute Gasteiger partial charge is 0.225 e. The fourth-order valence-electron chi connectivity index (χ4n) is 2.82. The number of fused-ring (bicyclic) bond motifs is 1. The first-order chi connectivity index (χ1) is 12.5. The summed E-state index contributed by atoms with van der Waals surface area (Å²) in [6.07, 6.45) is 0.278. The van der Waals surface area contributed by atoms with E-state index in [1.807, 2.05) is 25.2 Å². The van der Waals surface area contributed by atoms with E-state index in [0.717, 1.165) is 17.1 Å². The van der Waals surface area contributed by atoms with E-state index in [0.29, 0.717) is 19.8 Å². The highest BCUT2D eigenvalue weighted by atomic mass is 19.1. The van der Waals surface area contributed by atoms with Gasteiger partial charge in [0.05, 0.1) is 5.69 Å². The van der Waals surface area contributed by atoms with E-state index in [2.05, 4.69) is 17.1 Å². The topological polar surface area (TPSA) is 50.8 Å². The molecule has 1 amide bonds. The van der Waals surface area contributed by atoms with E-state index in [-0.39, 0.29) is 24.1 Å². The molecular weight excluding hydrogens is 335 g/mol. The van der Waals surface area contributed by atoms with Gasteiger partial charge in [0.2, 0.25) is 5.91 Å². The lowest BCUT2D eigenvalue weighted by Gasteiger charge is -2.26. The van der Waals surface area contributed by atoms with Crippen LogP contribution in [0, 0.1) is 5.82 Å². The second-order valence-corrected chi connectivity index (χ2v) is 6.34. The normalized spacial score (nSPS) is 14.2. The van der Waals surface area contributed by atoms with Crippen LogP contribution in [0.2, 0.25) is 0 Å². The molecule has 2 aromatic carbocycles. The maximum atomic E-state index is 13.6. The molecule has 6 heteroatoms. The van der Waals surface area contributed by atoms with Crippen molar-refractivity contribution < 1.29 is 18.7 Å². The quantitative estimate of drug-likeness (QED) is 0.857. The molecule has 1 aliphatic heterocycles. The summed E-state index contributed by atoms with van der Waals surface area (Å²) in [5, 5.41) is 2.61. The average molecular weight is 358 g/mol. The van der Waals surface area contributed by atoms with Crippen LogP contribution in [0.25, 0.3) is 0 Å². The number of halogens is 1. The van der Waals surface area contributed by atoms with Crippen molar-refractivity contribution in [2.75, 3.05) is 32.1 Å². The van der Waals surface area contributed by atoms with Gasteiger partial charge in [0.15, 0.2) is 11.5 Å². The molecule has 1 heterocycles. The van der Waals surface area contributed by atoms with Crippen molar-refractivity contribution in [3.63, 3.8) is 0 Å². The Hall–Kier alpha value is -2.60. The molecule has 138 valence electrons. The fraction of sp³-hybridized carbons (Fsp3) is 0.350. The van der Waals surface area contributed by atoms with Crippen LogP contribution in [0.4, 0.5) is 10.1 Å². The molecule has 0 aromatic heterocycles. The Bertz CT molecular complexity index is 781. The zero-order valence-corrected chi connectivity index (χ0v) is 15.0. The standard InChI is InChI=1S/C20H23FN2O3/c1-14(15-7-8-18-19(13-15)26-12-11-25-18)23(2)10-9-20(24)22-17-6-4-3-5-16(17)21/h3-8,13-14H,9-12H2,1-2H3,(H,22,24)/t14-/m0/s1. The lowest BCUT2D eigenvalue weighted by Crippen LogP contribution is -2.27. The number of hydrogen-bond donors (Lipinski definition) is 1. The summed E-state index contributed by atoms with van der Waals surface area (Å²) >= 11 is 0. The van der Waals surface area contributed by atoms with Crippen LogP contribution in [0.1, 0.15) is 24.9 Å². The fourth-order valence-corrected chi connectivity index (χ4v) is 2.82. The molecule has 0 saturated carbocycles. The average Bonchev–Trinajstić information content (AvgIpc) is 2.67. The molecule has 0 spiro atoms. The predicted octanol–water partition coefficient (Wildman–Crippen LogP) is 3.62. The Morgan fingerprint density at radius 1 is 1.19 bits per heavy atom. The first-order valence-corrected chi connectivity index (χ1v) is 8.69. The highest BCUT2D eigenvalue weighted by molar-refractivity contribution is 5.90. The number of amides is 1. The number of nitrogens with zero attached hydrogens (tertiary/aromatic N) is 1. The van der Waals surface area contributed by atoms with Gasteiger partial charge in [0, 0.05) is 19.0 Å². The molecule has 0 radical (unpaired) electrons. The summed E-state index contributed by atoms with van der Waals surface area (Å²) in [6.45, 7) is 3.74. The molecule has 5 nitrogen and oxygen atoms in total. The van der Waals surface area contributed by atoms with Gasteiger partial charge in [0.25, 0.3) is 0 Å². The van der Waals surface area contributed by atoms with Crippen molar-refractivity contribution in [1.82, 2.24) is 4.90 Å². The van der Waals surface area contributed by atoms with Crippen LogP contribution in [0.3, 0.4) is 0 Å². The second kappa shape index (κ2) is 8.19. The summed E-state index contributed by atoms with van der Waals surface area (Å²) in [5.74, 6) is 0.876. The van der Waals surface area contributed by atoms with Gasteiger partial charge in [-0.05, 0) is 43.8 Å². The Morgan fingerprint density at radius 2 is 1.92 bits per heavy atom. The van der Waals surface area contributed by atoms with Gasteiger partial charge in [-0.25, -0.2) is 4.39 Å². The molecule has 1 aliphatic rings. The van der Waals surface area contributed by atoms with Gasteiger partial charge in [-0.15, -0.1) is 0 Å². The van der Waals surface area contributed by atoms with E-state index in [1.165, 1.54) is 6.07 Å². The molecule has 0 saturated heterocycles. The zero-order valence-electron chi connectivity index (χ0n) is 15.0. The summed E-state index contributed by atoms with van der Waals surface area (Å²) in [6, 6.07) is 12.2. The molecule has 26 heavy (non-hydrogen) atoms. The molecule has 2 aromatic rings. The van der Waals surface area contributed by atoms with E-state index in [4.69, 9.17) is 9.47 Å². The molecule has 0 aliphatic carbocycles. The van der Waals surface area contributed by atoms with Crippen LogP contribution >= 0.6 is 0 Å². The zero-order chi connectivity index (χ0) is 18.5.